The Morgan fingerprint density at radius 1 is 1.57 bits per heavy atom. The van der Waals surface area contributed by atoms with Gasteiger partial charge in [0.2, 0.25) is 11.0 Å². The maximum Gasteiger partial charge on any atom is 0.239 e. The van der Waals surface area contributed by atoms with E-state index in [1.807, 2.05) is 13.8 Å². The van der Waals surface area contributed by atoms with E-state index in [9.17, 15) is 4.79 Å². The number of anilines is 1. The molecule has 7 heteroatoms. The molecule has 1 amide bonds. The average Bonchev–Trinajstić information content (AvgIpc) is 2.47. The summed E-state index contributed by atoms with van der Waals surface area (Å²) in [6.45, 7) is 4.05. The second kappa shape index (κ2) is 5.26. The van der Waals surface area contributed by atoms with Gasteiger partial charge in [-0.25, -0.2) is 0 Å². The van der Waals surface area contributed by atoms with Crippen molar-refractivity contribution in [3.8, 4) is 0 Å². The first-order chi connectivity index (χ1) is 6.58. The Balaban J connectivity index is 2.30. The first kappa shape index (κ1) is 11.4. The minimum absolute atomic E-state index is 0.0497. The zero-order chi connectivity index (χ0) is 10.6. The molecular formula is C7H11BrN4OS. The van der Waals surface area contributed by atoms with Crippen LogP contribution in [0.1, 0.15) is 13.8 Å². The molecule has 0 atom stereocenters. The van der Waals surface area contributed by atoms with Gasteiger partial charge in [0.1, 0.15) is 0 Å². The van der Waals surface area contributed by atoms with Gasteiger partial charge >= 0.3 is 0 Å². The number of nitrogens with zero attached hydrogens (tertiary/aromatic N) is 2. The molecule has 5 nitrogen and oxygen atoms in total. The zero-order valence-corrected chi connectivity index (χ0v) is 10.3. The molecule has 0 radical (unpaired) electrons. The number of nitrogens with one attached hydrogen (secondary N) is 2. The van der Waals surface area contributed by atoms with Crippen molar-refractivity contribution in [2.24, 2.45) is 0 Å². The van der Waals surface area contributed by atoms with E-state index in [1.165, 1.54) is 11.3 Å². The Bertz CT molecular complexity index is 314. The molecule has 14 heavy (non-hydrogen) atoms. The summed E-state index contributed by atoms with van der Waals surface area (Å²) in [6, 6.07) is 0.158. The van der Waals surface area contributed by atoms with Crippen LogP contribution in [-0.4, -0.2) is 28.7 Å². The van der Waals surface area contributed by atoms with Gasteiger partial charge < -0.3 is 10.6 Å². The molecule has 78 valence electrons. The fourth-order valence-corrected chi connectivity index (χ4v) is 1.81. The first-order valence-electron chi connectivity index (χ1n) is 4.10. The number of aromatic nitrogens is 2. The molecule has 0 aliphatic rings. The normalized spacial score (nSPS) is 10.3. The van der Waals surface area contributed by atoms with Gasteiger partial charge in [0.25, 0.3) is 0 Å². The molecule has 0 aromatic carbocycles. The summed E-state index contributed by atoms with van der Waals surface area (Å²) in [4.78, 5) is 11.2. The van der Waals surface area contributed by atoms with Crippen LogP contribution >= 0.6 is 27.3 Å². The van der Waals surface area contributed by atoms with E-state index in [4.69, 9.17) is 0 Å². The summed E-state index contributed by atoms with van der Waals surface area (Å²) >= 11 is 4.54. The number of carbonyl (C=O) groups excluding carboxylic acids is 1. The van der Waals surface area contributed by atoms with Crippen LogP contribution in [0.5, 0.6) is 0 Å². The Labute approximate surface area is 94.4 Å². The highest BCUT2D eigenvalue weighted by Gasteiger charge is 2.05. The van der Waals surface area contributed by atoms with E-state index in [2.05, 4.69) is 36.8 Å². The van der Waals surface area contributed by atoms with E-state index in [0.29, 0.717) is 9.05 Å². The fraction of sp³-hybridized carbons (Fsp3) is 0.571. The van der Waals surface area contributed by atoms with E-state index < -0.39 is 0 Å². The highest BCUT2D eigenvalue weighted by atomic mass is 79.9. The van der Waals surface area contributed by atoms with Gasteiger partial charge in [0.15, 0.2) is 3.92 Å². The molecule has 0 saturated heterocycles. The van der Waals surface area contributed by atoms with Gasteiger partial charge in [0.05, 0.1) is 6.54 Å². The van der Waals surface area contributed by atoms with Crippen LogP contribution in [0.2, 0.25) is 0 Å². The van der Waals surface area contributed by atoms with Crippen molar-refractivity contribution in [1.82, 2.24) is 15.5 Å². The third-order valence-electron chi connectivity index (χ3n) is 1.25. The van der Waals surface area contributed by atoms with Gasteiger partial charge in [-0.2, -0.15) is 0 Å². The summed E-state index contributed by atoms with van der Waals surface area (Å²) in [7, 11) is 0. The maximum atomic E-state index is 11.2. The standard InChI is InChI=1S/C7H11BrN4OS/c1-4(2)10-5(13)3-9-7-12-11-6(8)14-7/h4H,3H2,1-2H3,(H,9,12)(H,10,13). The molecule has 0 unspecified atom stereocenters. The van der Waals surface area contributed by atoms with Crippen LogP contribution in [0.25, 0.3) is 0 Å². The third kappa shape index (κ3) is 4.01. The van der Waals surface area contributed by atoms with Crippen molar-refractivity contribution < 1.29 is 4.79 Å². The molecule has 0 aliphatic carbocycles. The number of hydrogen-bond acceptors (Lipinski definition) is 5. The summed E-state index contributed by atoms with van der Waals surface area (Å²) in [5.74, 6) is -0.0497. The van der Waals surface area contributed by atoms with Crippen molar-refractivity contribution in [3.05, 3.63) is 3.92 Å². The van der Waals surface area contributed by atoms with Crippen molar-refractivity contribution >= 4 is 38.3 Å². The number of halogens is 1. The lowest BCUT2D eigenvalue weighted by Gasteiger charge is -2.07. The van der Waals surface area contributed by atoms with Gasteiger partial charge in [-0.1, -0.05) is 11.3 Å². The quantitative estimate of drug-likeness (QED) is 0.870. The fourth-order valence-electron chi connectivity index (χ4n) is 0.806. The molecule has 0 fully saturated rings. The predicted octanol–water partition coefficient (Wildman–Crippen LogP) is 1.24. The number of rotatable bonds is 4. The molecule has 0 aliphatic heterocycles. The molecule has 1 aromatic heterocycles. The number of hydrogen-bond donors (Lipinski definition) is 2. The average molecular weight is 279 g/mol. The van der Waals surface area contributed by atoms with E-state index in [-0.39, 0.29) is 18.5 Å². The smallest absolute Gasteiger partial charge is 0.239 e. The number of carbonyl (C=O) groups is 1. The lowest BCUT2D eigenvalue weighted by Crippen LogP contribution is -2.34. The summed E-state index contributed by atoms with van der Waals surface area (Å²) in [5.41, 5.74) is 0. The summed E-state index contributed by atoms with van der Waals surface area (Å²) < 4.78 is 0.698. The minimum atomic E-state index is -0.0497. The second-order valence-electron chi connectivity index (χ2n) is 2.94. The van der Waals surface area contributed by atoms with Crippen LogP contribution in [0, 0.1) is 0 Å². The van der Waals surface area contributed by atoms with Crippen molar-refractivity contribution in [2.75, 3.05) is 11.9 Å². The second-order valence-corrected chi connectivity index (χ2v) is 5.19. The topological polar surface area (TPSA) is 66.9 Å². The van der Waals surface area contributed by atoms with E-state index >= 15 is 0 Å². The highest BCUT2D eigenvalue weighted by Crippen LogP contribution is 2.19. The van der Waals surface area contributed by atoms with Gasteiger partial charge in [-0.05, 0) is 29.8 Å². The third-order valence-corrected chi connectivity index (χ3v) is 2.56. The Morgan fingerprint density at radius 2 is 2.29 bits per heavy atom. The van der Waals surface area contributed by atoms with Gasteiger partial charge in [-0.15, -0.1) is 10.2 Å². The monoisotopic (exact) mass is 278 g/mol. The van der Waals surface area contributed by atoms with E-state index in [0.717, 1.165) is 0 Å². The largest absolute Gasteiger partial charge is 0.352 e. The molecule has 2 N–H and O–H groups in total. The zero-order valence-electron chi connectivity index (χ0n) is 7.87. The SMILES string of the molecule is CC(C)NC(=O)CNc1nnc(Br)s1. The van der Waals surface area contributed by atoms with Crippen molar-refractivity contribution in [1.29, 1.82) is 0 Å². The maximum absolute atomic E-state index is 11.2. The summed E-state index contributed by atoms with van der Waals surface area (Å²) in [6.07, 6.45) is 0. The van der Waals surface area contributed by atoms with Crippen molar-refractivity contribution in [3.63, 3.8) is 0 Å². The molecular weight excluding hydrogens is 268 g/mol. The van der Waals surface area contributed by atoms with Crippen molar-refractivity contribution in [2.45, 2.75) is 19.9 Å². The van der Waals surface area contributed by atoms with Gasteiger partial charge in [0, 0.05) is 6.04 Å². The molecule has 0 spiro atoms. The van der Waals surface area contributed by atoms with E-state index in [1.54, 1.807) is 0 Å². The van der Waals surface area contributed by atoms with Crippen LogP contribution in [0.15, 0.2) is 3.92 Å². The molecule has 1 rings (SSSR count). The lowest BCUT2D eigenvalue weighted by atomic mass is 10.4. The molecule has 1 aromatic rings. The summed E-state index contributed by atoms with van der Waals surface area (Å²) in [5, 5.41) is 13.8. The number of amides is 1. The molecule has 1 heterocycles. The lowest BCUT2D eigenvalue weighted by molar-refractivity contribution is -0.119. The predicted molar refractivity (Wildman–Crippen MR) is 59.4 cm³/mol. The molecule has 0 saturated carbocycles. The Hall–Kier alpha value is -0.690. The molecule has 0 bridgehead atoms. The minimum Gasteiger partial charge on any atom is -0.352 e. The Kier molecular flexibility index (Phi) is 4.27. The van der Waals surface area contributed by atoms with Gasteiger partial charge in [-0.3, -0.25) is 4.79 Å². The highest BCUT2D eigenvalue weighted by molar-refractivity contribution is 9.11. The van der Waals surface area contributed by atoms with Crippen LogP contribution in [-0.2, 0) is 4.79 Å². The van der Waals surface area contributed by atoms with Crippen LogP contribution < -0.4 is 10.6 Å². The van der Waals surface area contributed by atoms with Crippen LogP contribution in [0.3, 0.4) is 0 Å². The first-order valence-corrected chi connectivity index (χ1v) is 5.71. The van der Waals surface area contributed by atoms with Crippen LogP contribution in [0.4, 0.5) is 5.13 Å². The Morgan fingerprint density at radius 3 is 2.79 bits per heavy atom.